The standard InChI is InChI=1S/C19H16F3N5O/c1-27(2)12-5-3-11(4-6-12)23-19(28)15-9-10-16(26-25-15)24-14-8-7-13(20)17(21)18(14)22/h3-10H,1-2H3,(H,23,28)(H,24,26). The van der Waals surface area contributed by atoms with Crippen LogP contribution in [0.5, 0.6) is 0 Å². The first-order valence-electron chi connectivity index (χ1n) is 8.18. The van der Waals surface area contributed by atoms with Crippen molar-refractivity contribution in [3.05, 3.63) is 71.7 Å². The van der Waals surface area contributed by atoms with Crippen molar-refractivity contribution in [3.8, 4) is 0 Å². The molecule has 1 heterocycles. The average Bonchev–Trinajstić information content (AvgIpc) is 2.69. The van der Waals surface area contributed by atoms with E-state index < -0.39 is 23.4 Å². The Morgan fingerprint density at radius 1 is 0.893 bits per heavy atom. The zero-order valence-electron chi connectivity index (χ0n) is 15.0. The summed E-state index contributed by atoms with van der Waals surface area (Å²) in [5.74, 6) is -4.66. The maximum atomic E-state index is 13.7. The molecule has 2 aromatic carbocycles. The molecule has 1 amide bonds. The predicted octanol–water partition coefficient (Wildman–Crippen LogP) is 3.96. The van der Waals surface area contributed by atoms with E-state index in [4.69, 9.17) is 0 Å². The number of amides is 1. The fraction of sp³-hybridized carbons (Fsp3) is 0.105. The molecule has 0 aliphatic carbocycles. The maximum Gasteiger partial charge on any atom is 0.276 e. The van der Waals surface area contributed by atoms with Gasteiger partial charge in [-0.25, -0.2) is 13.2 Å². The van der Waals surface area contributed by atoms with Crippen LogP contribution < -0.4 is 15.5 Å². The van der Waals surface area contributed by atoms with Gasteiger partial charge in [0.2, 0.25) is 0 Å². The van der Waals surface area contributed by atoms with Gasteiger partial charge in [-0.3, -0.25) is 4.79 Å². The molecule has 2 N–H and O–H groups in total. The fourth-order valence-corrected chi connectivity index (χ4v) is 2.32. The molecule has 0 unspecified atom stereocenters. The van der Waals surface area contributed by atoms with Crippen molar-refractivity contribution in [1.29, 1.82) is 0 Å². The number of hydrogen-bond donors (Lipinski definition) is 2. The minimum absolute atomic E-state index is 0.0352. The molecule has 0 spiro atoms. The summed E-state index contributed by atoms with van der Waals surface area (Å²) in [6.07, 6.45) is 0. The second-order valence-electron chi connectivity index (χ2n) is 6.05. The Hall–Kier alpha value is -3.62. The molecule has 0 radical (unpaired) electrons. The third kappa shape index (κ3) is 4.20. The molecule has 3 aromatic rings. The van der Waals surface area contributed by atoms with Crippen LogP contribution >= 0.6 is 0 Å². The second kappa shape index (κ2) is 7.95. The zero-order valence-corrected chi connectivity index (χ0v) is 15.0. The number of anilines is 4. The van der Waals surface area contributed by atoms with Gasteiger partial charge in [-0.15, -0.1) is 10.2 Å². The monoisotopic (exact) mass is 387 g/mol. The molecular formula is C19H16F3N5O. The molecule has 0 atom stereocenters. The third-order valence-corrected chi connectivity index (χ3v) is 3.84. The molecule has 9 heteroatoms. The lowest BCUT2D eigenvalue weighted by Crippen LogP contribution is -2.15. The van der Waals surface area contributed by atoms with Crippen LogP contribution in [0, 0.1) is 17.5 Å². The van der Waals surface area contributed by atoms with Gasteiger partial charge in [0.05, 0.1) is 5.69 Å². The zero-order chi connectivity index (χ0) is 20.3. The van der Waals surface area contributed by atoms with Gasteiger partial charge in [0.15, 0.2) is 29.0 Å². The molecule has 3 rings (SSSR count). The van der Waals surface area contributed by atoms with E-state index in [1.54, 1.807) is 12.1 Å². The smallest absolute Gasteiger partial charge is 0.276 e. The van der Waals surface area contributed by atoms with Crippen LogP contribution in [0.25, 0.3) is 0 Å². The molecule has 0 aliphatic heterocycles. The van der Waals surface area contributed by atoms with E-state index in [1.807, 2.05) is 31.1 Å². The van der Waals surface area contributed by atoms with Crippen LogP contribution in [0.15, 0.2) is 48.5 Å². The van der Waals surface area contributed by atoms with E-state index >= 15 is 0 Å². The van der Waals surface area contributed by atoms with Crippen molar-refractivity contribution < 1.29 is 18.0 Å². The van der Waals surface area contributed by atoms with Crippen LogP contribution in [0.1, 0.15) is 10.5 Å². The lowest BCUT2D eigenvalue weighted by atomic mass is 10.2. The van der Waals surface area contributed by atoms with Gasteiger partial charge in [-0.05, 0) is 48.5 Å². The number of rotatable bonds is 5. The largest absolute Gasteiger partial charge is 0.378 e. The number of nitrogens with one attached hydrogen (secondary N) is 2. The van der Waals surface area contributed by atoms with Crippen molar-refractivity contribution >= 4 is 28.8 Å². The van der Waals surface area contributed by atoms with Crippen molar-refractivity contribution in [2.24, 2.45) is 0 Å². The first-order valence-corrected chi connectivity index (χ1v) is 8.18. The lowest BCUT2D eigenvalue weighted by Gasteiger charge is -2.13. The number of aromatic nitrogens is 2. The first-order chi connectivity index (χ1) is 13.3. The van der Waals surface area contributed by atoms with E-state index in [0.717, 1.165) is 17.8 Å². The Balaban J connectivity index is 1.68. The summed E-state index contributed by atoms with van der Waals surface area (Å²) in [6, 6.07) is 11.8. The predicted molar refractivity (Wildman–Crippen MR) is 100 cm³/mol. The van der Waals surface area contributed by atoms with E-state index in [1.165, 1.54) is 12.1 Å². The molecular weight excluding hydrogens is 371 g/mol. The van der Waals surface area contributed by atoms with Gasteiger partial charge in [0.25, 0.3) is 5.91 Å². The molecule has 0 fully saturated rings. The van der Waals surface area contributed by atoms with Gasteiger partial charge in [0.1, 0.15) is 0 Å². The Labute approximate surface area is 159 Å². The minimum Gasteiger partial charge on any atom is -0.378 e. The molecule has 0 saturated carbocycles. The summed E-state index contributed by atoms with van der Waals surface area (Å²) in [4.78, 5) is 14.2. The highest BCUT2D eigenvalue weighted by Gasteiger charge is 2.14. The van der Waals surface area contributed by atoms with E-state index in [9.17, 15) is 18.0 Å². The first kappa shape index (κ1) is 19.2. The fourth-order valence-electron chi connectivity index (χ4n) is 2.32. The average molecular weight is 387 g/mol. The highest BCUT2D eigenvalue weighted by atomic mass is 19.2. The van der Waals surface area contributed by atoms with Crippen LogP contribution in [0.4, 0.5) is 36.1 Å². The van der Waals surface area contributed by atoms with Crippen LogP contribution in [-0.4, -0.2) is 30.2 Å². The summed E-state index contributed by atoms with van der Waals surface area (Å²) >= 11 is 0. The molecule has 28 heavy (non-hydrogen) atoms. The molecule has 144 valence electrons. The van der Waals surface area contributed by atoms with Gasteiger partial charge in [-0.1, -0.05) is 0 Å². The van der Waals surface area contributed by atoms with Gasteiger partial charge in [0, 0.05) is 25.5 Å². The lowest BCUT2D eigenvalue weighted by molar-refractivity contribution is 0.102. The van der Waals surface area contributed by atoms with Gasteiger partial charge < -0.3 is 15.5 Å². The molecule has 0 aliphatic rings. The molecule has 6 nitrogen and oxygen atoms in total. The van der Waals surface area contributed by atoms with Crippen LogP contribution in [-0.2, 0) is 0 Å². The van der Waals surface area contributed by atoms with Crippen LogP contribution in [0.2, 0.25) is 0 Å². The number of carbonyl (C=O) groups excluding carboxylic acids is 1. The third-order valence-electron chi connectivity index (χ3n) is 3.84. The summed E-state index contributed by atoms with van der Waals surface area (Å²) in [6.45, 7) is 0. The number of carbonyl (C=O) groups is 1. The quantitative estimate of drug-likeness (QED) is 0.649. The van der Waals surface area contributed by atoms with Crippen molar-refractivity contribution in [3.63, 3.8) is 0 Å². The number of halogens is 3. The Morgan fingerprint density at radius 3 is 2.21 bits per heavy atom. The van der Waals surface area contributed by atoms with Crippen LogP contribution in [0.3, 0.4) is 0 Å². The Morgan fingerprint density at radius 2 is 1.61 bits per heavy atom. The minimum atomic E-state index is -1.59. The van der Waals surface area contributed by atoms with E-state index in [-0.39, 0.29) is 17.2 Å². The number of hydrogen-bond acceptors (Lipinski definition) is 5. The summed E-state index contributed by atoms with van der Waals surface area (Å²) < 4.78 is 39.9. The summed E-state index contributed by atoms with van der Waals surface area (Å²) in [5, 5.41) is 12.7. The maximum absolute atomic E-state index is 13.7. The Bertz CT molecular complexity index is 992. The highest BCUT2D eigenvalue weighted by Crippen LogP contribution is 2.22. The van der Waals surface area contributed by atoms with Gasteiger partial charge in [-0.2, -0.15) is 0 Å². The highest BCUT2D eigenvalue weighted by molar-refractivity contribution is 6.02. The number of nitrogens with zero attached hydrogens (tertiary/aromatic N) is 3. The summed E-state index contributed by atoms with van der Waals surface area (Å²) in [7, 11) is 3.82. The molecule has 0 bridgehead atoms. The van der Waals surface area contributed by atoms with Crippen molar-refractivity contribution in [1.82, 2.24) is 10.2 Å². The SMILES string of the molecule is CN(C)c1ccc(NC(=O)c2ccc(Nc3ccc(F)c(F)c3F)nn2)cc1. The summed E-state index contributed by atoms with van der Waals surface area (Å²) in [5.41, 5.74) is 1.31. The van der Waals surface area contributed by atoms with Crippen molar-refractivity contribution in [2.45, 2.75) is 0 Å². The Kier molecular flexibility index (Phi) is 5.44. The molecule has 0 saturated heterocycles. The van der Waals surface area contributed by atoms with E-state index in [0.29, 0.717) is 5.69 Å². The normalized spacial score (nSPS) is 10.5. The topological polar surface area (TPSA) is 70.2 Å². The van der Waals surface area contributed by atoms with Crippen molar-refractivity contribution in [2.75, 3.05) is 29.6 Å². The number of benzene rings is 2. The van der Waals surface area contributed by atoms with E-state index in [2.05, 4.69) is 20.8 Å². The molecule has 1 aromatic heterocycles. The second-order valence-corrected chi connectivity index (χ2v) is 6.05. The van der Waals surface area contributed by atoms with Gasteiger partial charge >= 0.3 is 0 Å².